The second-order valence-electron chi connectivity index (χ2n) is 5.71. The minimum Gasteiger partial charge on any atom is -0.350 e. The average Bonchev–Trinajstić information content (AvgIpc) is 2.69. The molecule has 9 heteroatoms. The Kier molecular flexibility index (Phi) is 8.58. The van der Waals surface area contributed by atoms with Crippen molar-refractivity contribution in [3.63, 3.8) is 0 Å². The van der Waals surface area contributed by atoms with Crippen molar-refractivity contribution in [2.75, 3.05) is 26.2 Å². The molecule has 0 saturated carbocycles. The van der Waals surface area contributed by atoms with Gasteiger partial charge in [0.15, 0.2) is 0 Å². The molecule has 0 aliphatic rings. The van der Waals surface area contributed by atoms with Gasteiger partial charge in [-0.25, -0.2) is 4.79 Å². The highest BCUT2D eigenvalue weighted by Gasteiger charge is 2.06. The molecule has 148 valence electrons. The number of rotatable bonds is 8. The molecule has 2 aromatic carbocycles. The molecule has 0 aromatic heterocycles. The number of hydrogen-bond acceptors (Lipinski definition) is 3. The number of amides is 4. The fourth-order valence-corrected chi connectivity index (χ4v) is 2.43. The number of nitrogens with one attached hydrogen (secondary N) is 4. The molecule has 0 spiro atoms. The van der Waals surface area contributed by atoms with Crippen molar-refractivity contribution < 1.29 is 14.4 Å². The van der Waals surface area contributed by atoms with E-state index in [2.05, 4.69) is 21.3 Å². The maximum Gasteiger partial charge on any atom is 0.314 e. The third kappa shape index (κ3) is 7.46. The molecule has 0 aliphatic carbocycles. The van der Waals surface area contributed by atoms with Gasteiger partial charge in [0.1, 0.15) is 0 Å². The summed E-state index contributed by atoms with van der Waals surface area (Å²) < 4.78 is 0. The van der Waals surface area contributed by atoms with Crippen molar-refractivity contribution in [2.24, 2.45) is 0 Å². The molecule has 4 N–H and O–H groups in total. The van der Waals surface area contributed by atoms with Gasteiger partial charge in [-0.2, -0.15) is 0 Å². The van der Waals surface area contributed by atoms with Crippen LogP contribution in [0.4, 0.5) is 4.79 Å². The van der Waals surface area contributed by atoms with Crippen LogP contribution in [0.3, 0.4) is 0 Å². The normalized spacial score (nSPS) is 10.1. The average molecular weight is 423 g/mol. The number of carbonyl (C=O) groups excluding carboxylic acids is 3. The first-order valence-corrected chi connectivity index (χ1v) is 9.30. The second-order valence-corrected chi connectivity index (χ2v) is 6.58. The summed E-state index contributed by atoms with van der Waals surface area (Å²) in [5.74, 6) is -0.493. The Balaban J connectivity index is 1.55. The highest BCUT2D eigenvalue weighted by molar-refractivity contribution is 6.31. The molecular formula is C19H20Cl2N4O3. The largest absolute Gasteiger partial charge is 0.350 e. The van der Waals surface area contributed by atoms with E-state index in [0.717, 1.165) is 0 Å². The lowest BCUT2D eigenvalue weighted by Gasteiger charge is -2.09. The Morgan fingerprint density at radius 1 is 0.571 bits per heavy atom. The van der Waals surface area contributed by atoms with Gasteiger partial charge in [-0.1, -0.05) is 23.2 Å². The van der Waals surface area contributed by atoms with Crippen LogP contribution in [0.25, 0.3) is 0 Å². The van der Waals surface area contributed by atoms with Crippen LogP contribution >= 0.6 is 23.2 Å². The summed E-state index contributed by atoms with van der Waals surface area (Å²) in [4.78, 5) is 35.4. The fourth-order valence-electron chi connectivity index (χ4n) is 2.17. The summed E-state index contributed by atoms with van der Waals surface area (Å²) in [6, 6.07) is 12.6. The second kappa shape index (κ2) is 11.2. The monoisotopic (exact) mass is 422 g/mol. The maximum atomic E-state index is 11.9. The molecule has 2 aromatic rings. The molecular weight excluding hydrogens is 403 g/mol. The summed E-state index contributed by atoms with van der Waals surface area (Å²) in [5.41, 5.74) is 0.982. The minimum atomic E-state index is -0.388. The van der Waals surface area contributed by atoms with Crippen LogP contribution in [-0.2, 0) is 0 Å². The van der Waals surface area contributed by atoms with Crippen molar-refractivity contribution in [1.29, 1.82) is 0 Å². The van der Waals surface area contributed by atoms with Gasteiger partial charge in [-0.3, -0.25) is 9.59 Å². The van der Waals surface area contributed by atoms with Gasteiger partial charge in [0, 0.05) is 47.4 Å². The van der Waals surface area contributed by atoms with E-state index in [9.17, 15) is 14.4 Å². The minimum absolute atomic E-state index is 0.246. The molecule has 0 saturated heterocycles. The zero-order valence-electron chi connectivity index (χ0n) is 14.9. The Hall–Kier alpha value is -2.77. The van der Waals surface area contributed by atoms with E-state index in [4.69, 9.17) is 23.2 Å². The quantitative estimate of drug-likeness (QED) is 0.491. The predicted molar refractivity (Wildman–Crippen MR) is 109 cm³/mol. The van der Waals surface area contributed by atoms with Crippen LogP contribution in [0.15, 0.2) is 48.5 Å². The lowest BCUT2D eigenvalue weighted by molar-refractivity contribution is 0.0946. The van der Waals surface area contributed by atoms with Gasteiger partial charge in [0.05, 0.1) is 0 Å². The van der Waals surface area contributed by atoms with Gasteiger partial charge in [-0.15, -0.1) is 0 Å². The van der Waals surface area contributed by atoms with Crippen LogP contribution in [0.1, 0.15) is 20.7 Å². The molecule has 4 amide bonds. The molecule has 0 aliphatic heterocycles. The lowest BCUT2D eigenvalue weighted by Crippen LogP contribution is -2.43. The summed E-state index contributed by atoms with van der Waals surface area (Å²) in [6.07, 6.45) is 0. The summed E-state index contributed by atoms with van der Waals surface area (Å²) >= 11 is 11.5. The van der Waals surface area contributed by atoms with Gasteiger partial charge in [0.25, 0.3) is 11.8 Å². The Bertz CT molecular complexity index is 743. The van der Waals surface area contributed by atoms with E-state index >= 15 is 0 Å². The van der Waals surface area contributed by atoms with Crippen molar-refractivity contribution >= 4 is 41.0 Å². The van der Waals surface area contributed by atoms with Crippen molar-refractivity contribution in [3.05, 3.63) is 69.7 Å². The van der Waals surface area contributed by atoms with E-state index in [1.807, 2.05) is 0 Å². The Morgan fingerprint density at radius 2 is 0.893 bits per heavy atom. The zero-order chi connectivity index (χ0) is 20.4. The highest BCUT2D eigenvalue weighted by atomic mass is 35.5. The van der Waals surface area contributed by atoms with E-state index in [-0.39, 0.29) is 44.0 Å². The number of benzene rings is 2. The van der Waals surface area contributed by atoms with E-state index < -0.39 is 0 Å². The Labute approximate surface area is 172 Å². The van der Waals surface area contributed by atoms with Crippen molar-refractivity contribution in [1.82, 2.24) is 21.3 Å². The third-order valence-corrected chi connectivity index (χ3v) is 4.11. The first kappa shape index (κ1) is 21.5. The molecule has 0 unspecified atom stereocenters. The molecule has 0 heterocycles. The first-order valence-electron chi connectivity index (χ1n) is 8.55. The zero-order valence-corrected chi connectivity index (χ0v) is 16.4. The van der Waals surface area contributed by atoms with Crippen LogP contribution < -0.4 is 21.3 Å². The topological polar surface area (TPSA) is 99.3 Å². The van der Waals surface area contributed by atoms with Gasteiger partial charge in [0.2, 0.25) is 0 Å². The van der Waals surface area contributed by atoms with Gasteiger partial charge < -0.3 is 21.3 Å². The molecule has 7 nitrogen and oxygen atoms in total. The van der Waals surface area contributed by atoms with Gasteiger partial charge in [-0.05, 0) is 48.5 Å². The molecule has 0 atom stereocenters. The first-order chi connectivity index (χ1) is 13.5. The smallest absolute Gasteiger partial charge is 0.314 e. The molecule has 0 fully saturated rings. The van der Waals surface area contributed by atoms with Crippen LogP contribution in [0, 0.1) is 0 Å². The molecule has 0 radical (unpaired) electrons. The SMILES string of the molecule is O=C(NCCNC(=O)c1ccc(Cl)cc1)NCCNC(=O)c1ccc(Cl)cc1. The maximum absolute atomic E-state index is 11.9. The highest BCUT2D eigenvalue weighted by Crippen LogP contribution is 2.09. The van der Waals surface area contributed by atoms with Crippen molar-refractivity contribution in [2.45, 2.75) is 0 Å². The standard InChI is InChI=1S/C19H20Cl2N4O3/c20-15-5-1-13(2-6-15)17(26)22-9-11-24-19(28)25-12-10-23-18(27)14-3-7-16(21)8-4-14/h1-8H,9-12H2,(H,22,26)(H,23,27)(H2,24,25,28). The van der Waals surface area contributed by atoms with Crippen LogP contribution in [0.2, 0.25) is 10.0 Å². The van der Waals surface area contributed by atoms with Crippen LogP contribution in [0.5, 0.6) is 0 Å². The van der Waals surface area contributed by atoms with Crippen LogP contribution in [-0.4, -0.2) is 44.0 Å². The Morgan fingerprint density at radius 3 is 1.25 bits per heavy atom. The summed E-state index contributed by atoms with van der Waals surface area (Å²) in [7, 11) is 0. The third-order valence-electron chi connectivity index (χ3n) is 3.61. The lowest BCUT2D eigenvalue weighted by atomic mass is 10.2. The number of urea groups is 1. The van der Waals surface area contributed by atoms with Crippen molar-refractivity contribution in [3.8, 4) is 0 Å². The van der Waals surface area contributed by atoms with Gasteiger partial charge >= 0.3 is 6.03 Å². The molecule has 2 rings (SSSR count). The summed E-state index contributed by atoms with van der Waals surface area (Å²) in [5, 5.41) is 11.7. The number of halogens is 2. The predicted octanol–water partition coefficient (Wildman–Crippen LogP) is 2.45. The number of hydrogen-bond donors (Lipinski definition) is 4. The molecule has 0 bridgehead atoms. The van der Waals surface area contributed by atoms with E-state index in [0.29, 0.717) is 21.2 Å². The summed E-state index contributed by atoms with van der Waals surface area (Å²) in [6.45, 7) is 1.09. The van der Waals surface area contributed by atoms with E-state index in [1.165, 1.54) is 0 Å². The number of carbonyl (C=O) groups is 3. The van der Waals surface area contributed by atoms with E-state index in [1.54, 1.807) is 48.5 Å². The molecule has 28 heavy (non-hydrogen) atoms. The fraction of sp³-hybridized carbons (Fsp3) is 0.211.